The van der Waals surface area contributed by atoms with Crippen molar-refractivity contribution in [2.75, 3.05) is 25.0 Å². The van der Waals surface area contributed by atoms with Crippen LogP contribution in [0.3, 0.4) is 0 Å². The van der Waals surface area contributed by atoms with Gasteiger partial charge in [-0.15, -0.1) is 0 Å². The van der Waals surface area contributed by atoms with Crippen molar-refractivity contribution in [3.8, 4) is 0 Å². The SMILES string of the molecule is Cc1cccc(NC(=O)N(CCCN2CCCCC2C)Cc2ccc(Cl)cc2)c1. The molecule has 0 radical (unpaired) electrons. The van der Waals surface area contributed by atoms with Crippen LogP contribution in [0.2, 0.25) is 5.02 Å². The van der Waals surface area contributed by atoms with Crippen LogP contribution >= 0.6 is 11.6 Å². The number of halogens is 1. The van der Waals surface area contributed by atoms with Crippen molar-refractivity contribution < 1.29 is 4.79 Å². The van der Waals surface area contributed by atoms with Crippen LogP contribution in [0.5, 0.6) is 0 Å². The smallest absolute Gasteiger partial charge is 0.320 e. The monoisotopic (exact) mass is 413 g/mol. The summed E-state index contributed by atoms with van der Waals surface area (Å²) in [6, 6.07) is 16.2. The molecule has 0 saturated carbocycles. The van der Waals surface area contributed by atoms with Crippen LogP contribution in [0.1, 0.15) is 43.7 Å². The van der Waals surface area contributed by atoms with Gasteiger partial charge in [0.2, 0.25) is 0 Å². The van der Waals surface area contributed by atoms with Crippen molar-refractivity contribution in [2.24, 2.45) is 0 Å². The van der Waals surface area contributed by atoms with E-state index in [1.807, 2.05) is 60.4 Å². The lowest BCUT2D eigenvalue weighted by atomic mass is 10.0. The Labute approximate surface area is 179 Å². The Bertz CT molecular complexity index is 793. The van der Waals surface area contributed by atoms with E-state index in [2.05, 4.69) is 17.1 Å². The second kappa shape index (κ2) is 10.7. The predicted molar refractivity (Wildman–Crippen MR) is 122 cm³/mol. The number of carbonyl (C=O) groups is 1. The number of aryl methyl sites for hydroxylation is 1. The molecule has 1 saturated heterocycles. The zero-order valence-corrected chi connectivity index (χ0v) is 18.3. The Morgan fingerprint density at radius 2 is 2.00 bits per heavy atom. The first kappa shape index (κ1) is 21.7. The number of anilines is 1. The Morgan fingerprint density at radius 1 is 1.21 bits per heavy atom. The van der Waals surface area contributed by atoms with Gasteiger partial charge >= 0.3 is 6.03 Å². The summed E-state index contributed by atoms with van der Waals surface area (Å²) in [5.74, 6) is 0. The lowest BCUT2D eigenvalue weighted by Crippen LogP contribution is -2.40. The highest BCUT2D eigenvalue weighted by molar-refractivity contribution is 6.30. The number of hydrogen-bond acceptors (Lipinski definition) is 2. The highest BCUT2D eigenvalue weighted by atomic mass is 35.5. The number of rotatable bonds is 7. The van der Waals surface area contributed by atoms with Gasteiger partial charge in [-0.3, -0.25) is 0 Å². The fraction of sp³-hybridized carbons (Fsp3) is 0.458. The Kier molecular flexibility index (Phi) is 7.96. The fourth-order valence-corrected chi connectivity index (χ4v) is 4.07. The second-order valence-corrected chi connectivity index (χ2v) is 8.52. The maximum atomic E-state index is 13.0. The lowest BCUT2D eigenvalue weighted by molar-refractivity contribution is 0.150. The van der Waals surface area contributed by atoms with E-state index in [-0.39, 0.29) is 6.03 Å². The maximum absolute atomic E-state index is 13.0. The molecule has 1 fully saturated rings. The third-order valence-electron chi connectivity index (χ3n) is 5.66. The first-order valence-electron chi connectivity index (χ1n) is 10.6. The number of amides is 2. The average molecular weight is 414 g/mol. The van der Waals surface area contributed by atoms with Crippen molar-refractivity contribution in [3.05, 3.63) is 64.7 Å². The minimum atomic E-state index is -0.0581. The molecular formula is C24H32ClN3O. The van der Waals surface area contributed by atoms with Gasteiger partial charge in [-0.25, -0.2) is 4.79 Å². The molecule has 2 aromatic rings. The molecule has 2 aromatic carbocycles. The molecule has 5 heteroatoms. The number of likely N-dealkylation sites (tertiary alicyclic amines) is 1. The summed E-state index contributed by atoms with van der Waals surface area (Å²) >= 11 is 6.02. The van der Waals surface area contributed by atoms with Crippen LogP contribution in [-0.2, 0) is 6.54 Å². The number of piperidine rings is 1. The van der Waals surface area contributed by atoms with E-state index >= 15 is 0 Å². The van der Waals surface area contributed by atoms with Gasteiger partial charge in [-0.05, 0) is 75.0 Å². The highest BCUT2D eigenvalue weighted by Crippen LogP contribution is 2.18. The van der Waals surface area contributed by atoms with Gasteiger partial charge in [-0.1, -0.05) is 42.3 Å². The van der Waals surface area contributed by atoms with Crippen LogP contribution in [0.25, 0.3) is 0 Å². The normalized spacial score (nSPS) is 17.1. The molecule has 29 heavy (non-hydrogen) atoms. The van der Waals surface area contributed by atoms with Gasteiger partial charge in [0.05, 0.1) is 0 Å². The van der Waals surface area contributed by atoms with Gasteiger partial charge in [0.25, 0.3) is 0 Å². The van der Waals surface area contributed by atoms with Crippen molar-refractivity contribution in [3.63, 3.8) is 0 Å². The second-order valence-electron chi connectivity index (χ2n) is 8.08. The quantitative estimate of drug-likeness (QED) is 0.608. The van der Waals surface area contributed by atoms with E-state index in [4.69, 9.17) is 11.6 Å². The zero-order chi connectivity index (χ0) is 20.6. The van der Waals surface area contributed by atoms with Gasteiger partial charge < -0.3 is 15.1 Å². The lowest BCUT2D eigenvalue weighted by Gasteiger charge is -2.34. The summed E-state index contributed by atoms with van der Waals surface area (Å²) < 4.78 is 0. The summed E-state index contributed by atoms with van der Waals surface area (Å²) in [6.45, 7) is 7.85. The van der Waals surface area contributed by atoms with Crippen molar-refractivity contribution >= 4 is 23.3 Å². The summed E-state index contributed by atoms with van der Waals surface area (Å²) in [4.78, 5) is 17.5. The molecular weight excluding hydrogens is 382 g/mol. The van der Waals surface area contributed by atoms with Gasteiger partial charge in [0, 0.05) is 36.4 Å². The molecule has 0 aliphatic carbocycles. The van der Waals surface area contributed by atoms with Crippen LogP contribution in [0, 0.1) is 6.92 Å². The highest BCUT2D eigenvalue weighted by Gasteiger charge is 2.19. The summed E-state index contributed by atoms with van der Waals surface area (Å²) in [6.07, 6.45) is 4.87. The van der Waals surface area contributed by atoms with E-state index in [1.54, 1.807) is 0 Å². The van der Waals surface area contributed by atoms with E-state index in [0.29, 0.717) is 17.6 Å². The number of nitrogens with one attached hydrogen (secondary N) is 1. The minimum Gasteiger partial charge on any atom is -0.320 e. The minimum absolute atomic E-state index is 0.0581. The number of hydrogen-bond donors (Lipinski definition) is 1. The number of benzene rings is 2. The Balaban J connectivity index is 1.63. The first-order chi connectivity index (χ1) is 14.0. The van der Waals surface area contributed by atoms with Gasteiger partial charge in [0.1, 0.15) is 0 Å². The summed E-state index contributed by atoms with van der Waals surface area (Å²) in [5, 5.41) is 3.77. The van der Waals surface area contributed by atoms with E-state index in [1.165, 1.54) is 25.8 Å². The Hall–Kier alpha value is -2.04. The number of carbonyl (C=O) groups excluding carboxylic acids is 1. The number of nitrogens with zero attached hydrogens (tertiary/aromatic N) is 2. The molecule has 1 heterocycles. The molecule has 4 nitrogen and oxygen atoms in total. The largest absolute Gasteiger partial charge is 0.322 e. The summed E-state index contributed by atoms with van der Waals surface area (Å²) in [7, 11) is 0. The van der Waals surface area contributed by atoms with Crippen LogP contribution in [-0.4, -0.2) is 41.5 Å². The Morgan fingerprint density at radius 3 is 2.72 bits per heavy atom. The molecule has 0 bridgehead atoms. The van der Waals surface area contributed by atoms with Gasteiger partial charge in [-0.2, -0.15) is 0 Å². The fourth-order valence-electron chi connectivity index (χ4n) is 3.94. The molecule has 0 aromatic heterocycles. The number of urea groups is 1. The van der Waals surface area contributed by atoms with Crippen LogP contribution in [0.4, 0.5) is 10.5 Å². The maximum Gasteiger partial charge on any atom is 0.322 e. The topological polar surface area (TPSA) is 35.6 Å². The average Bonchev–Trinajstić information content (AvgIpc) is 2.70. The van der Waals surface area contributed by atoms with E-state index < -0.39 is 0 Å². The predicted octanol–water partition coefficient (Wildman–Crippen LogP) is 5.95. The molecule has 156 valence electrons. The molecule has 1 unspecified atom stereocenters. The molecule has 0 spiro atoms. The molecule has 2 amide bonds. The van der Waals surface area contributed by atoms with Gasteiger partial charge in [0.15, 0.2) is 0 Å². The third kappa shape index (κ3) is 6.76. The van der Waals surface area contributed by atoms with Crippen molar-refractivity contribution in [1.82, 2.24) is 9.80 Å². The molecule has 1 atom stereocenters. The van der Waals surface area contributed by atoms with Crippen LogP contribution < -0.4 is 5.32 Å². The van der Waals surface area contributed by atoms with E-state index in [9.17, 15) is 4.79 Å². The molecule has 1 aliphatic heterocycles. The zero-order valence-electron chi connectivity index (χ0n) is 17.5. The molecule has 1 aliphatic rings. The van der Waals surface area contributed by atoms with Crippen molar-refractivity contribution in [2.45, 2.75) is 52.1 Å². The van der Waals surface area contributed by atoms with E-state index in [0.717, 1.165) is 36.3 Å². The standard InChI is InChI=1S/C24H32ClN3O/c1-19-7-5-9-23(17-19)26-24(29)28(18-21-10-12-22(25)13-11-21)16-6-15-27-14-4-3-8-20(27)2/h5,7,9-13,17,20H,3-4,6,8,14-16,18H2,1-2H3,(H,26,29). The first-order valence-corrected chi connectivity index (χ1v) is 11.0. The summed E-state index contributed by atoms with van der Waals surface area (Å²) in [5.41, 5.74) is 3.05. The molecule has 3 rings (SSSR count). The molecule has 1 N–H and O–H groups in total. The van der Waals surface area contributed by atoms with Crippen molar-refractivity contribution in [1.29, 1.82) is 0 Å². The van der Waals surface area contributed by atoms with Crippen LogP contribution in [0.15, 0.2) is 48.5 Å². The third-order valence-corrected chi connectivity index (χ3v) is 5.91.